The van der Waals surface area contributed by atoms with Crippen LogP contribution in [0.4, 0.5) is 0 Å². The largest absolute Gasteiger partial charge is 0.315 e. The van der Waals surface area contributed by atoms with Crippen LogP contribution >= 0.6 is 12.4 Å². The van der Waals surface area contributed by atoms with Gasteiger partial charge in [-0.1, -0.05) is 62.4 Å². The topological polar surface area (TPSA) is 12.0 Å². The minimum Gasteiger partial charge on any atom is -0.315 e. The molecule has 0 atom stereocenters. The average molecular weight is 328 g/mol. The minimum atomic E-state index is 0. The Morgan fingerprint density at radius 1 is 1.00 bits per heavy atom. The second-order valence-corrected chi connectivity index (χ2v) is 7.23. The van der Waals surface area contributed by atoms with Gasteiger partial charge < -0.3 is 5.32 Å². The van der Waals surface area contributed by atoms with Gasteiger partial charge in [0.1, 0.15) is 0 Å². The Bertz CT molecular complexity index is 644. The maximum absolute atomic E-state index is 3.57. The zero-order valence-corrected chi connectivity index (χ0v) is 14.8. The van der Waals surface area contributed by atoms with Gasteiger partial charge in [0.05, 0.1) is 0 Å². The van der Waals surface area contributed by atoms with Gasteiger partial charge in [0.25, 0.3) is 0 Å². The lowest BCUT2D eigenvalue weighted by Gasteiger charge is -2.31. The molecule has 2 aliphatic carbocycles. The Hall–Kier alpha value is -1.31. The molecule has 0 amide bonds. The molecule has 0 fully saturated rings. The number of fused-ring (bicyclic) bond motifs is 8. The molecule has 1 nitrogen and oxygen atoms in total. The summed E-state index contributed by atoms with van der Waals surface area (Å²) in [6.45, 7) is 5.57. The number of hydrogen-bond donors (Lipinski definition) is 1. The Kier molecular flexibility index (Phi) is 4.53. The molecule has 2 aromatic carbocycles. The van der Waals surface area contributed by atoms with Crippen molar-refractivity contribution < 1.29 is 0 Å². The van der Waals surface area contributed by atoms with E-state index in [2.05, 4.69) is 67.7 Å². The molecule has 0 spiro atoms. The molecule has 23 heavy (non-hydrogen) atoms. The third kappa shape index (κ3) is 2.51. The highest BCUT2D eigenvalue weighted by Gasteiger charge is 2.51. The molecule has 2 aliphatic rings. The van der Waals surface area contributed by atoms with Crippen LogP contribution in [0.15, 0.2) is 48.5 Å². The summed E-state index contributed by atoms with van der Waals surface area (Å²) in [4.78, 5) is 0. The van der Waals surface area contributed by atoms with Gasteiger partial charge in [0.15, 0.2) is 0 Å². The van der Waals surface area contributed by atoms with E-state index in [1.54, 1.807) is 22.3 Å². The van der Waals surface area contributed by atoms with Crippen LogP contribution in [-0.4, -0.2) is 12.6 Å². The van der Waals surface area contributed by atoms with Crippen LogP contribution in [0.25, 0.3) is 0 Å². The fourth-order valence-corrected chi connectivity index (χ4v) is 4.73. The van der Waals surface area contributed by atoms with Crippen molar-refractivity contribution >= 4 is 12.4 Å². The van der Waals surface area contributed by atoms with Crippen molar-refractivity contribution in [2.24, 2.45) is 0 Å². The molecule has 2 bridgehead atoms. The summed E-state index contributed by atoms with van der Waals surface area (Å²) in [7, 11) is 0. The van der Waals surface area contributed by atoms with Crippen molar-refractivity contribution in [3.05, 3.63) is 70.8 Å². The van der Waals surface area contributed by atoms with Gasteiger partial charge in [0.2, 0.25) is 0 Å². The van der Waals surface area contributed by atoms with E-state index < -0.39 is 0 Å². The van der Waals surface area contributed by atoms with Gasteiger partial charge in [-0.25, -0.2) is 0 Å². The molecule has 1 N–H and O–H groups in total. The SMILES string of the molecule is CC(C)NCCCC12CC(c3ccccc31)c1ccccc12.Cl. The molecular formula is C21H26ClN. The Balaban J connectivity index is 0.00000156. The summed E-state index contributed by atoms with van der Waals surface area (Å²) in [5, 5.41) is 3.57. The van der Waals surface area contributed by atoms with Crippen molar-refractivity contribution in [2.45, 2.75) is 50.5 Å². The maximum atomic E-state index is 3.57. The van der Waals surface area contributed by atoms with Crippen molar-refractivity contribution in [1.82, 2.24) is 5.32 Å². The molecular weight excluding hydrogens is 302 g/mol. The van der Waals surface area contributed by atoms with E-state index in [0.29, 0.717) is 12.0 Å². The molecule has 0 aliphatic heterocycles. The monoisotopic (exact) mass is 327 g/mol. The molecule has 0 heterocycles. The second-order valence-electron chi connectivity index (χ2n) is 7.23. The first kappa shape index (κ1) is 16.5. The summed E-state index contributed by atoms with van der Waals surface area (Å²) < 4.78 is 0. The normalized spacial score (nSPS) is 23.5. The Morgan fingerprint density at radius 3 is 2.13 bits per heavy atom. The molecule has 122 valence electrons. The predicted octanol–water partition coefficient (Wildman–Crippen LogP) is 5.02. The predicted molar refractivity (Wildman–Crippen MR) is 99.7 cm³/mol. The van der Waals surface area contributed by atoms with E-state index in [-0.39, 0.29) is 17.8 Å². The Labute approximate surface area is 145 Å². The highest BCUT2D eigenvalue weighted by atomic mass is 35.5. The molecule has 4 rings (SSSR count). The number of halogens is 1. The van der Waals surface area contributed by atoms with E-state index in [0.717, 1.165) is 6.54 Å². The molecule has 0 unspecified atom stereocenters. The lowest BCUT2D eigenvalue weighted by molar-refractivity contribution is 0.448. The van der Waals surface area contributed by atoms with E-state index >= 15 is 0 Å². The highest BCUT2D eigenvalue weighted by molar-refractivity contribution is 5.85. The van der Waals surface area contributed by atoms with Crippen LogP contribution in [0.5, 0.6) is 0 Å². The summed E-state index contributed by atoms with van der Waals surface area (Å²) in [6.07, 6.45) is 3.79. The fourth-order valence-electron chi connectivity index (χ4n) is 4.73. The van der Waals surface area contributed by atoms with Crippen molar-refractivity contribution in [3.63, 3.8) is 0 Å². The van der Waals surface area contributed by atoms with E-state index in [4.69, 9.17) is 0 Å². The number of hydrogen-bond acceptors (Lipinski definition) is 1. The lowest BCUT2D eigenvalue weighted by atomic mass is 9.72. The van der Waals surface area contributed by atoms with Gasteiger partial charge in [0, 0.05) is 17.4 Å². The van der Waals surface area contributed by atoms with Gasteiger partial charge >= 0.3 is 0 Å². The molecule has 0 aromatic heterocycles. The summed E-state index contributed by atoms with van der Waals surface area (Å²) >= 11 is 0. The van der Waals surface area contributed by atoms with Crippen molar-refractivity contribution in [3.8, 4) is 0 Å². The highest BCUT2D eigenvalue weighted by Crippen LogP contribution is 2.61. The standard InChI is InChI=1S/C21H25N.ClH/c1-15(2)22-13-7-12-21-14-18(16-8-3-5-10-19(16)21)17-9-4-6-11-20(17)21;/h3-6,8-11,15,18,22H,7,12-14H2,1-2H3;1H. The van der Waals surface area contributed by atoms with Gasteiger partial charge in [-0.15, -0.1) is 12.4 Å². The maximum Gasteiger partial charge on any atom is 0.0218 e. The second kappa shape index (κ2) is 6.30. The summed E-state index contributed by atoms with van der Waals surface area (Å²) in [5.41, 5.74) is 6.64. The number of benzene rings is 2. The zero-order valence-electron chi connectivity index (χ0n) is 14.0. The average Bonchev–Trinajstić information content (AvgIpc) is 3.04. The third-order valence-electron chi connectivity index (χ3n) is 5.59. The van der Waals surface area contributed by atoms with Crippen LogP contribution in [0.1, 0.15) is 61.3 Å². The van der Waals surface area contributed by atoms with Gasteiger partial charge in [-0.2, -0.15) is 0 Å². The smallest absolute Gasteiger partial charge is 0.0218 e. The van der Waals surface area contributed by atoms with Crippen LogP contribution in [0, 0.1) is 0 Å². The van der Waals surface area contributed by atoms with Crippen LogP contribution in [0.2, 0.25) is 0 Å². The first-order valence-corrected chi connectivity index (χ1v) is 8.64. The van der Waals surface area contributed by atoms with Gasteiger partial charge in [-0.05, 0) is 48.1 Å². The van der Waals surface area contributed by atoms with Crippen molar-refractivity contribution in [1.29, 1.82) is 0 Å². The van der Waals surface area contributed by atoms with E-state index in [9.17, 15) is 0 Å². The Morgan fingerprint density at radius 2 is 1.57 bits per heavy atom. The minimum absolute atomic E-state index is 0. The fraction of sp³-hybridized carbons (Fsp3) is 0.429. The molecule has 2 aromatic rings. The third-order valence-corrected chi connectivity index (χ3v) is 5.59. The summed E-state index contributed by atoms with van der Waals surface area (Å²) in [5.74, 6) is 0.630. The van der Waals surface area contributed by atoms with E-state index in [1.807, 2.05) is 0 Å². The van der Waals surface area contributed by atoms with Crippen LogP contribution in [0.3, 0.4) is 0 Å². The first-order valence-electron chi connectivity index (χ1n) is 8.64. The lowest BCUT2D eigenvalue weighted by Crippen LogP contribution is -2.28. The van der Waals surface area contributed by atoms with Crippen LogP contribution < -0.4 is 5.32 Å². The molecule has 0 saturated carbocycles. The zero-order chi connectivity index (χ0) is 15.2. The quantitative estimate of drug-likeness (QED) is 0.760. The summed E-state index contributed by atoms with van der Waals surface area (Å²) in [6, 6.07) is 18.9. The van der Waals surface area contributed by atoms with E-state index in [1.165, 1.54) is 19.3 Å². The molecule has 2 heteroatoms. The first-order chi connectivity index (χ1) is 10.7. The van der Waals surface area contributed by atoms with Crippen LogP contribution in [-0.2, 0) is 5.41 Å². The molecule has 0 radical (unpaired) electrons. The van der Waals surface area contributed by atoms with Gasteiger partial charge in [-0.3, -0.25) is 0 Å². The molecule has 0 saturated heterocycles. The number of nitrogens with one attached hydrogen (secondary N) is 1. The number of rotatable bonds is 5. The van der Waals surface area contributed by atoms with Crippen molar-refractivity contribution in [2.75, 3.05) is 6.54 Å².